The van der Waals surface area contributed by atoms with Crippen LogP contribution in [0, 0.1) is 0 Å². The number of hydrogen-bond acceptors (Lipinski definition) is 9. The fourth-order valence-corrected chi connectivity index (χ4v) is 5.76. The number of carboxylic acid groups (broad SMARTS) is 1. The molecule has 218 valence electrons. The number of amides is 5. The minimum atomic E-state index is -1.43. The van der Waals surface area contributed by atoms with Crippen molar-refractivity contribution in [2.75, 3.05) is 24.2 Å². The highest BCUT2D eigenvalue weighted by Gasteiger charge is 2.28. The van der Waals surface area contributed by atoms with Gasteiger partial charge in [0.2, 0.25) is 29.5 Å². The summed E-state index contributed by atoms with van der Waals surface area (Å²) < 4.78 is 0. The van der Waals surface area contributed by atoms with E-state index in [0.29, 0.717) is 17.0 Å². The van der Waals surface area contributed by atoms with E-state index in [1.54, 1.807) is 24.3 Å². The van der Waals surface area contributed by atoms with Gasteiger partial charge in [-0.1, -0.05) is 33.7 Å². The molecule has 1 aliphatic rings. The maximum absolute atomic E-state index is 13.1. The molecule has 0 bridgehead atoms. The molecular formula is C23H32N8O7S2. The van der Waals surface area contributed by atoms with Crippen molar-refractivity contribution in [2.24, 2.45) is 16.5 Å². The van der Waals surface area contributed by atoms with E-state index in [2.05, 4.69) is 31.6 Å². The smallest absolute Gasteiger partial charge is 0.305 e. The second-order valence-corrected chi connectivity index (χ2v) is 10.9. The van der Waals surface area contributed by atoms with Gasteiger partial charge in [-0.15, -0.1) is 0 Å². The van der Waals surface area contributed by atoms with Crippen molar-refractivity contribution in [3.05, 3.63) is 24.3 Å². The van der Waals surface area contributed by atoms with Crippen LogP contribution in [-0.4, -0.2) is 83.5 Å². The average Bonchev–Trinajstić information content (AvgIpc) is 2.87. The SMILES string of the molecule is CC(=O)N[C@@H]1CSSc2ccccc2NC(=O)[C@@H](CC(=O)O)NC(=O)CNC(=O)[C@@H](CCCN=C(N)N)NC1=O. The normalized spacial score (nSPS) is 20.9. The zero-order valence-electron chi connectivity index (χ0n) is 21.6. The van der Waals surface area contributed by atoms with Crippen molar-refractivity contribution >= 4 is 68.7 Å². The first-order valence-electron chi connectivity index (χ1n) is 12.1. The van der Waals surface area contributed by atoms with Crippen LogP contribution in [0.1, 0.15) is 26.2 Å². The Hall–Kier alpha value is -3.99. The molecule has 0 saturated carbocycles. The van der Waals surface area contributed by atoms with Gasteiger partial charge in [-0.05, 0) is 25.0 Å². The van der Waals surface area contributed by atoms with Crippen LogP contribution in [-0.2, 0) is 28.8 Å². The Labute approximate surface area is 237 Å². The molecule has 40 heavy (non-hydrogen) atoms. The van der Waals surface area contributed by atoms with Gasteiger partial charge in [0, 0.05) is 24.1 Å². The first kappa shape index (κ1) is 32.2. The minimum Gasteiger partial charge on any atom is -0.481 e. The fraction of sp³-hybridized carbons (Fsp3) is 0.435. The largest absolute Gasteiger partial charge is 0.481 e. The van der Waals surface area contributed by atoms with Gasteiger partial charge in [-0.25, -0.2) is 0 Å². The van der Waals surface area contributed by atoms with E-state index in [1.165, 1.54) is 28.5 Å². The van der Waals surface area contributed by atoms with Crippen LogP contribution >= 0.6 is 21.6 Å². The number of carboxylic acids is 1. The molecule has 0 fully saturated rings. The van der Waals surface area contributed by atoms with Gasteiger partial charge >= 0.3 is 5.97 Å². The van der Waals surface area contributed by atoms with Crippen LogP contribution in [0.25, 0.3) is 0 Å². The number of carbonyl (C=O) groups is 6. The Balaban J connectivity index is 2.35. The molecule has 0 spiro atoms. The van der Waals surface area contributed by atoms with E-state index in [0.717, 1.165) is 0 Å². The van der Waals surface area contributed by atoms with Crippen molar-refractivity contribution in [1.82, 2.24) is 21.3 Å². The number of fused-ring (bicyclic) bond motifs is 1. The van der Waals surface area contributed by atoms with Gasteiger partial charge in [-0.2, -0.15) is 0 Å². The molecule has 5 amide bonds. The van der Waals surface area contributed by atoms with Crippen LogP contribution in [0.3, 0.4) is 0 Å². The highest BCUT2D eigenvalue weighted by Crippen LogP contribution is 2.36. The zero-order valence-corrected chi connectivity index (χ0v) is 23.2. The lowest BCUT2D eigenvalue weighted by atomic mass is 10.1. The molecule has 0 aromatic heterocycles. The van der Waals surface area contributed by atoms with Crippen LogP contribution < -0.4 is 38.1 Å². The number of nitrogens with zero attached hydrogens (tertiary/aromatic N) is 1. The van der Waals surface area contributed by atoms with Gasteiger partial charge < -0.3 is 43.2 Å². The molecule has 1 heterocycles. The average molecular weight is 597 g/mol. The fourth-order valence-electron chi connectivity index (χ4n) is 3.42. The number of benzene rings is 1. The van der Waals surface area contributed by atoms with Crippen molar-refractivity contribution < 1.29 is 33.9 Å². The number of rotatable bonds is 7. The first-order valence-corrected chi connectivity index (χ1v) is 14.4. The quantitative estimate of drug-likeness (QED) is 0.0778. The molecule has 15 nitrogen and oxygen atoms in total. The number of aliphatic imine (C=N–C) groups is 1. The summed E-state index contributed by atoms with van der Waals surface area (Å²) in [5, 5.41) is 21.7. The highest BCUT2D eigenvalue weighted by atomic mass is 33.1. The Morgan fingerprint density at radius 3 is 2.48 bits per heavy atom. The lowest BCUT2D eigenvalue weighted by molar-refractivity contribution is -0.140. The standard InChI is InChI=1S/C23H32N8O7S2/c1-12(32)28-16-11-39-40-17-7-3-2-5-13(17)30-21(37)15(9-19(34)35)29-18(33)10-27-20(36)14(31-22(16)38)6-4-8-26-23(24)25/h2-3,5,7,14-16H,4,6,8-11H2,1H3,(H,27,36)(H,28,32)(H,29,33)(H,30,37)(H,31,38)(H,34,35)(H4,24,25,26)/t14-,15-,16-/m1/s1. The number of carbonyl (C=O) groups excluding carboxylic acids is 5. The Bertz CT molecular complexity index is 1150. The van der Waals surface area contributed by atoms with Crippen LogP contribution in [0.4, 0.5) is 5.69 Å². The van der Waals surface area contributed by atoms with Gasteiger partial charge in [0.05, 0.1) is 18.7 Å². The Morgan fingerprint density at radius 2 is 1.80 bits per heavy atom. The van der Waals surface area contributed by atoms with E-state index < -0.39 is 66.6 Å². The maximum Gasteiger partial charge on any atom is 0.305 e. The molecule has 10 N–H and O–H groups in total. The van der Waals surface area contributed by atoms with Gasteiger partial charge in [0.1, 0.15) is 18.1 Å². The zero-order chi connectivity index (χ0) is 29.7. The number of nitrogens with one attached hydrogen (secondary N) is 5. The monoisotopic (exact) mass is 596 g/mol. The third-order valence-electron chi connectivity index (χ3n) is 5.25. The van der Waals surface area contributed by atoms with Gasteiger partial charge in [-0.3, -0.25) is 33.8 Å². The molecule has 2 rings (SSSR count). The topological polar surface area (TPSA) is 247 Å². The van der Waals surface area contributed by atoms with E-state index in [1.807, 2.05) is 0 Å². The number of anilines is 1. The summed E-state index contributed by atoms with van der Waals surface area (Å²) in [6, 6.07) is 3.13. The van der Waals surface area contributed by atoms with Gasteiger partial charge in [0.25, 0.3) is 0 Å². The molecule has 1 aromatic rings. The number of hydrogen-bond donors (Lipinski definition) is 8. The molecule has 17 heteroatoms. The molecule has 0 saturated heterocycles. The Morgan fingerprint density at radius 1 is 1.07 bits per heavy atom. The summed E-state index contributed by atoms with van der Waals surface area (Å²) in [7, 11) is 2.42. The summed E-state index contributed by atoms with van der Waals surface area (Å²) in [5.74, 6) is -4.74. The second kappa shape index (κ2) is 16.2. The van der Waals surface area contributed by atoms with Crippen molar-refractivity contribution in [3.8, 4) is 0 Å². The molecule has 0 aliphatic carbocycles. The molecule has 0 radical (unpaired) electrons. The summed E-state index contributed by atoms with van der Waals surface area (Å²) in [5.41, 5.74) is 11.0. The van der Waals surface area contributed by atoms with Crippen LogP contribution in [0.5, 0.6) is 0 Å². The highest BCUT2D eigenvalue weighted by molar-refractivity contribution is 8.76. The third kappa shape index (κ3) is 11.4. The van der Waals surface area contributed by atoms with E-state index in [4.69, 9.17) is 11.5 Å². The predicted octanol–water partition coefficient (Wildman–Crippen LogP) is -1.50. The molecular weight excluding hydrogens is 564 g/mol. The van der Waals surface area contributed by atoms with Crippen molar-refractivity contribution in [2.45, 2.75) is 49.2 Å². The van der Waals surface area contributed by atoms with Gasteiger partial charge in [0.15, 0.2) is 5.96 Å². The Kier molecular flexibility index (Phi) is 13.0. The number of nitrogens with two attached hydrogens (primary N) is 2. The lowest BCUT2D eigenvalue weighted by Gasteiger charge is -2.22. The lowest BCUT2D eigenvalue weighted by Crippen LogP contribution is -2.55. The summed E-state index contributed by atoms with van der Waals surface area (Å²) >= 11 is 0. The molecule has 3 atom stereocenters. The molecule has 1 aliphatic heterocycles. The third-order valence-corrected chi connectivity index (χ3v) is 7.68. The maximum atomic E-state index is 13.1. The summed E-state index contributed by atoms with van der Waals surface area (Å²) in [6.45, 7) is 0.833. The first-order chi connectivity index (χ1) is 19.0. The second-order valence-electron chi connectivity index (χ2n) is 8.55. The van der Waals surface area contributed by atoms with Crippen molar-refractivity contribution in [3.63, 3.8) is 0 Å². The summed E-state index contributed by atoms with van der Waals surface area (Å²) in [4.78, 5) is 79.1. The minimum absolute atomic E-state index is 0.0993. The molecule has 1 aromatic carbocycles. The van der Waals surface area contributed by atoms with E-state index in [9.17, 15) is 33.9 Å². The number of para-hydroxylation sites is 1. The van der Waals surface area contributed by atoms with E-state index >= 15 is 0 Å². The van der Waals surface area contributed by atoms with Crippen LogP contribution in [0.15, 0.2) is 34.2 Å². The van der Waals surface area contributed by atoms with Crippen molar-refractivity contribution in [1.29, 1.82) is 0 Å². The molecule has 0 unspecified atom stereocenters. The van der Waals surface area contributed by atoms with Crippen LogP contribution in [0.2, 0.25) is 0 Å². The number of guanidine groups is 1. The number of aliphatic carboxylic acids is 1. The summed E-state index contributed by atoms with van der Waals surface area (Å²) in [6.07, 6.45) is -0.297. The van der Waals surface area contributed by atoms with E-state index in [-0.39, 0.29) is 24.7 Å². The predicted molar refractivity (Wildman–Crippen MR) is 150 cm³/mol.